The summed E-state index contributed by atoms with van der Waals surface area (Å²) in [7, 11) is 3.72. The number of anilines is 1. The van der Waals surface area contributed by atoms with Crippen LogP contribution in [0.3, 0.4) is 0 Å². The van der Waals surface area contributed by atoms with Gasteiger partial charge >= 0.3 is 5.69 Å². The van der Waals surface area contributed by atoms with Gasteiger partial charge in [0, 0.05) is 34.7 Å². The largest absolute Gasteiger partial charge is 0.476 e. The Kier molecular flexibility index (Phi) is 7.77. The number of hydrogen-bond acceptors (Lipinski definition) is 9. The first kappa shape index (κ1) is 28.6. The van der Waals surface area contributed by atoms with Gasteiger partial charge in [0.15, 0.2) is 5.82 Å². The summed E-state index contributed by atoms with van der Waals surface area (Å²) in [5.74, 6) is -1.16. The monoisotopic (exact) mass is 606 g/mol. The lowest BCUT2D eigenvalue weighted by molar-refractivity contribution is -0.0515. The number of fused-ring (bicyclic) bond motifs is 1. The van der Waals surface area contributed by atoms with E-state index in [0.29, 0.717) is 37.6 Å². The highest BCUT2D eigenvalue weighted by atomic mass is 32.1. The Labute approximate surface area is 248 Å². The molecule has 0 bridgehead atoms. The number of benzene rings is 2. The van der Waals surface area contributed by atoms with Crippen molar-refractivity contribution in [1.29, 1.82) is 0 Å². The average molecular weight is 607 g/mol. The van der Waals surface area contributed by atoms with Gasteiger partial charge in [0.1, 0.15) is 16.5 Å². The molecule has 13 heteroatoms. The molecular formula is C30H28F2N6O4S. The molecule has 5 aromatic rings. The molecule has 0 saturated carbocycles. The average Bonchev–Trinajstić information content (AvgIpc) is 3.31. The van der Waals surface area contributed by atoms with E-state index >= 15 is 0 Å². The van der Waals surface area contributed by atoms with Crippen molar-refractivity contribution in [2.75, 3.05) is 39.6 Å². The van der Waals surface area contributed by atoms with E-state index in [-0.39, 0.29) is 33.4 Å². The first-order valence-electron chi connectivity index (χ1n) is 13.5. The van der Waals surface area contributed by atoms with E-state index < -0.39 is 29.4 Å². The van der Waals surface area contributed by atoms with Crippen LogP contribution in [-0.4, -0.2) is 58.1 Å². The smallest absolute Gasteiger partial charge is 0.338 e. The fraction of sp³-hybridized carbons (Fsp3) is 0.267. The second kappa shape index (κ2) is 11.7. The molecule has 1 saturated heterocycles. The minimum Gasteiger partial charge on any atom is -0.476 e. The quantitative estimate of drug-likeness (QED) is 0.253. The molecule has 0 radical (unpaired) electrons. The number of aromatic nitrogens is 4. The number of thiophene rings is 1. The molecule has 0 amide bonds. The van der Waals surface area contributed by atoms with Gasteiger partial charge in [-0.2, -0.15) is 0 Å². The van der Waals surface area contributed by atoms with E-state index in [1.807, 2.05) is 31.1 Å². The van der Waals surface area contributed by atoms with E-state index in [1.54, 1.807) is 12.1 Å². The summed E-state index contributed by atoms with van der Waals surface area (Å²) in [5, 5.41) is 8.43. The molecule has 1 aliphatic heterocycles. The summed E-state index contributed by atoms with van der Waals surface area (Å²) in [4.78, 5) is 31.2. The standard InChI is InChI=1S/C30H28F2N6O4S/c1-36(2)12-21-26-28(39)38(24-10-11-25(35-34-24)42-16-17-14-41-15-17)30(40)37(13-20-22(31)4-3-5-23(20)32)29(26)43-27(21)18-6-8-19(33)9-7-18/h3-11,17H,12-16,33H2,1-2H3. The van der Waals surface area contributed by atoms with E-state index in [0.717, 1.165) is 27.1 Å². The fourth-order valence-corrected chi connectivity index (χ4v) is 6.18. The maximum Gasteiger partial charge on any atom is 0.338 e. The summed E-state index contributed by atoms with van der Waals surface area (Å²) >= 11 is 1.20. The second-order valence-electron chi connectivity index (χ2n) is 10.6. The number of hydrogen-bond donors (Lipinski definition) is 1. The molecule has 4 heterocycles. The van der Waals surface area contributed by atoms with Gasteiger partial charge in [-0.25, -0.2) is 18.1 Å². The number of rotatable bonds is 9. The van der Waals surface area contributed by atoms with Crippen LogP contribution >= 0.6 is 11.3 Å². The number of nitrogen functional groups attached to an aromatic ring is 1. The predicted molar refractivity (Wildman–Crippen MR) is 160 cm³/mol. The van der Waals surface area contributed by atoms with E-state index in [9.17, 15) is 18.4 Å². The maximum absolute atomic E-state index is 14.9. The van der Waals surface area contributed by atoms with Crippen LogP contribution in [0.2, 0.25) is 0 Å². The lowest BCUT2D eigenvalue weighted by Gasteiger charge is -2.25. The molecule has 10 nitrogen and oxygen atoms in total. The summed E-state index contributed by atoms with van der Waals surface area (Å²) in [6, 6.07) is 13.6. The molecule has 1 fully saturated rings. The minimum absolute atomic E-state index is 0.0463. The van der Waals surface area contributed by atoms with Crippen molar-refractivity contribution in [3.8, 4) is 22.1 Å². The first-order valence-corrected chi connectivity index (χ1v) is 14.3. The van der Waals surface area contributed by atoms with Gasteiger partial charge in [0.05, 0.1) is 31.8 Å². The Bertz CT molecular complexity index is 1900. The molecule has 6 rings (SSSR count). The van der Waals surface area contributed by atoms with Crippen LogP contribution in [-0.2, 0) is 17.8 Å². The third-order valence-electron chi connectivity index (χ3n) is 7.13. The van der Waals surface area contributed by atoms with Gasteiger partial charge in [-0.05, 0) is 55.6 Å². The van der Waals surface area contributed by atoms with Crippen LogP contribution in [0.5, 0.6) is 5.88 Å². The van der Waals surface area contributed by atoms with Gasteiger partial charge in [-0.3, -0.25) is 9.36 Å². The van der Waals surface area contributed by atoms with Gasteiger partial charge < -0.3 is 20.1 Å². The Balaban J connectivity index is 1.58. The van der Waals surface area contributed by atoms with E-state index in [2.05, 4.69) is 10.2 Å². The van der Waals surface area contributed by atoms with Crippen LogP contribution < -0.4 is 21.7 Å². The molecule has 43 heavy (non-hydrogen) atoms. The molecule has 0 unspecified atom stereocenters. The Morgan fingerprint density at radius 2 is 1.74 bits per heavy atom. The minimum atomic E-state index is -0.809. The SMILES string of the molecule is CN(C)Cc1c(-c2ccc(N)cc2)sc2c1c(=O)n(-c1ccc(OCC3COC3)nn1)c(=O)n2Cc1c(F)cccc1F. The molecule has 3 aromatic heterocycles. The number of ether oxygens (including phenoxy) is 2. The first-order chi connectivity index (χ1) is 20.7. The third kappa shape index (κ3) is 5.54. The van der Waals surface area contributed by atoms with E-state index in [4.69, 9.17) is 15.2 Å². The Hall–Kier alpha value is -4.46. The number of nitrogens with two attached hydrogens (primary N) is 1. The van der Waals surface area contributed by atoms with Crippen molar-refractivity contribution in [2.24, 2.45) is 5.92 Å². The lowest BCUT2D eigenvalue weighted by atomic mass is 10.1. The summed E-state index contributed by atoms with van der Waals surface area (Å²) in [6.07, 6.45) is 0. The van der Waals surface area contributed by atoms with Crippen LogP contribution in [0.1, 0.15) is 11.1 Å². The van der Waals surface area contributed by atoms with Gasteiger partial charge in [-0.15, -0.1) is 21.5 Å². The highest BCUT2D eigenvalue weighted by Crippen LogP contribution is 2.38. The van der Waals surface area contributed by atoms with Crippen molar-refractivity contribution in [2.45, 2.75) is 13.1 Å². The van der Waals surface area contributed by atoms with E-state index in [1.165, 1.54) is 34.1 Å². The van der Waals surface area contributed by atoms with Crippen LogP contribution in [0.4, 0.5) is 14.5 Å². The summed E-state index contributed by atoms with van der Waals surface area (Å²) < 4.78 is 42.6. The third-order valence-corrected chi connectivity index (χ3v) is 8.43. The topological polar surface area (TPSA) is 118 Å². The zero-order valence-corrected chi connectivity index (χ0v) is 24.2. The maximum atomic E-state index is 14.9. The van der Waals surface area contributed by atoms with Crippen molar-refractivity contribution in [1.82, 2.24) is 24.2 Å². The highest BCUT2D eigenvalue weighted by Gasteiger charge is 2.26. The molecule has 0 atom stereocenters. The summed E-state index contributed by atoms with van der Waals surface area (Å²) in [5.41, 5.74) is 6.20. The molecular weight excluding hydrogens is 578 g/mol. The molecule has 222 valence electrons. The molecule has 0 spiro atoms. The van der Waals surface area contributed by atoms with Gasteiger partial charge in [0.2, 0.25) is 5.88 Å². The zero-order chi connectivity index (χ0) is 30.2. The zero-order valence-electron chi connectivity index (χ0n) is 23.4. The lowest BCUT2D eigenvalue weighted by Crippen LogP contribution is -2.40. The number of nitrogens with zero attached hydrogens (tertiary/aromatic N) is 5. The molecule has 1 aliphatic rings. The van der Waals surface area contributed by atoms with Crippen molar-refractivity contribution in [3.63, 3.8) is 0 Å². The van der Waals surface area contributed by atoms with Crippen molar-refractivity contribution >= 4 is 27.2 Å². The van der Waals surface area contributed by atoms with Crippen molar-refractivity contribution in [3.05, 3.63) is 98.2 Å². The second-order valence-corrected chi connectivity index (χ2v) is 11.6. The molecule has 2 aromatic carbocycles. The number of halogens is 2. The molecule has 2 N–H and O–H groups in total. The van der Waals surface area contributed by atoms with Crippen molar-refractivity contribution < 1.29 is 18.3 Å². The summed E-state index contributed by atoms with van der Waals surface area (Å²) in [6.45, 7) is 1.52. The van der Waals surface area contributed by atoms with Gasteiger partial charge in [-0.1, -0.05) is 18.2 Å². The normalized spacial score (nSPS) is 13.5. The molecule has 0 aliphatic carbocycles. The highest BCUT2D eigenvalue weighted by molar-refractivity contribution is 7.22. The van der Waals surface area contributed by atoms with Crippen LogP contribution in [0.25, 0.3) is 26.5 Å². The Morgan fingerprint density at radius 3 is 2.35 bits per heavy atom. The van der Waals surface area contributed by atoms with Crippen LogP contribution in [0.15, 0.2) is 64.2 Å². The predicted octanol–water partition coefficient (Wildman–Crippen LogP) is 3.67. The van der Waals surface area contributed by atoms with Gasteiger partial charge in [0.25, 0.3) is 5.56 Å². The van der Waals surface area contributed by atoms with Crippen LogP contribution in [0, 0.1) is 17.6 Å². The Morgan fingerprint density at radius 1 is 1.02 bits per heavy atom. The fourth-order valence-electron chi connectivity index (χ4n) is 4.88.